The molecule has 1 saturated heterocycles. The number of rotatable bonds is 2. The molecule has 122 valence electrons. The van der Waals surface area contributed by atoms with Gasteiger partial charge in [-0.05, 0) is 50.4 Å². The summed E-state index contributed by atoms with van der Waals surface area (Å²) in [5, 5.41) is 7.71. The van der Waals surface area contributed by atoms with Gasteiger partial charge in [0, 0.05) is 32.2 Å². The monoisotopic (exact) mass is 312 g/mol. The molecule has 2 N–H and O–H groups in total. The summed E-state index contributed by atoms with van der Waals surface area (Å²) in [6.07, 6.45) is 6.01. The molecule has 0 amide bonds. The Kier molecular flexibility index (Phi) is 3.30. The van der Waals surface area contributed by atoms with E-state index in [0.29, 0.717) is 5.92 Å². The second-order valence-electron chi connectivity index (χ2n) is 6.47. The predicted octanol–water partition coefficient (Wildman–Crippen LogP) is 2.83. The van der Waals surface area contributed by atoms with E-state index in [-0.39, 0.29) is 0 Å². The van der Waals surface area contributed by atoms with Gasteiger partial charge >= 0.3 is 0 Å². The van der Waals surface area contributed by atoms with E-state index in [2.05, 4.69) is 47.4 Å². The van der Waals surface area contributed by atoms with Crippen molar-refractivity contribution in [1.29, 1.82) is 0 Å². The van der Waals surface area contributed by atoms with Gasteiger partial charge in [0.15, 0.2) is 0 Å². The van der Waals surface area contributed by atoms with Crippen molar-refractivity contribution in [3.63, 3.8) is 0 Å². The molecule has 4 heteroatoms. The lowest BCUT2D eigenvalue weighted by Crippen LogP contribution is -2.34. The predicted molar refractivity (Wildman–Crippen MR) is 97.0 cm³/mol. The Bertz CT molecular complexity index is 807. The molecule has 2 aromatic rings. The van der Waals surface area contributed by atoms with E-state index in [0.717, 1.165) is 18.8 Å². The maximum absolute atomic E-state index is 8.33. The molecule has 4 nitrogen and oxygen atoms in total. The number of anilines is 1. The van der Waals surface area contributed by atoms with Crippen molar-refractivity contribution < 1.29 is 2.74 Å². The van der Waals surface area contributed by atoms with Crippen molar-refractivity contribution in [2.24, 2.45) is 7.05 Å². The third-order valence-electron chi connectivity index (χ3n) is 5.21. The fraction of sp³-hybridized carbons (Fsp3) is 0.474. The Balaban J connectivity index is 1.86. The molecular weight excluding hydrogens is 284 g/mol. The van der Waals surface area contributed by atoms with Crippen molar-refractivity contribution in [1.82, 2.24) is 15.2 Å². The van der Waals surface area contributed by atoms with Gasteiger partial charge in [0.2, 0.25) is 0 Å². The third-order valence-corrected chi connectivity index (χ3v) is 5.21. The van der Waals surface area contributed by atoms with E-state index < -0.39 is 13.2 Å². The number of nitrogens with one attached hydrogen (secondary N) is 2. The highest BCUT2D eigenvalue weighted by Crippen LogP contribution is 2.39. The fourth-order valence-electron chi connectivity index (χ4n) is 3.99. The highest BCUT2D eigenvalue weighted by molar-refractivity contribution is 5.96. The van der Waals surface area contributed by atoms with E-state index in [1.165, 1.54) is 35.0 Å². The van der Waals surface area contributed by atoms with E-state index in [4.69, 9.17) is 2.74 Å². The van der Waals surface area contributed by atoms with E-state index in [9.17, 15) is 0 Å². The Labute approximate surface area is 141 Å². The van der Waals surface area contributed by atoms with Crippen LogP contribution in [-0.4, -0.2) is 30.8 Å². The molecule has 23 heavy (non-hydrogen) atoms. The summed E-state index contributed by atoms with van der Waals surface area (Å²) in [6.45, 7) is 3.22. The number of piperidine rings is 1. The largest absolute Gasteiger partial charge is 0.346 e. The zero-order chi connectivity index (χ0) is 17.6. The minimum atomic E-state index is -0.643. The summed E-state index contributed by atoms with van der Waals surface area (Å²) in [5.41, 5.74) is 5.00. The lowest BCUT2D eigenvalue weighted by Gasteiger charge is -2.25. The van der Waals surface area contributed by atoms with Crippen LogP contribution in [-0.2, 0) is 7.05 Å². The van der Waals surface area contributed by atoms with Crippen LogP contribution in [0.1, 0.15) is 32.8 Å². The number of para-hydroxylation sites is 1. The molecule has 0 saturated carbocycles. The molecule has 2 aliphatic heterocycles. The summed E-state index contributed by atoms with van der Waals surface area (Å²) in [7, 11) is 2.12. The number of benzene rings is 1. The van der Waals surface area contributed by atoms with Gasteiger partial charge in [-0.1, -0.05) is 18.2 Å². The quantitative estimate of drug-likeness (QED) is 0.894. The van der Waals surface area contributed by atoms with Crippen LogP contribution in [0.4, 0.5) is 5.69 Å². The van der Waals surface area contributed by atoms with Gasteiger partial charge in [-0.3, -0.25) is 5.32 Å². The van der Waals surface area contributed by atoms with Gasteiger partial charge in [-0.25, -0.2) is 0 Å². The van der Waals surface area contributed by atoms with Gasteiger partial charge in [-0.2, -0.15) is 0 Å². The molecule has 2 unspecified atom stereocenters. The lowest BCUT2D eigenvalue weighted by atomic mass is 9.88. The molecule has 0 radical (unpaired) electrons. The summed E-state index contributed by atoms with van der Waals surface area (Å²) in [5.74, 6) is 0.597. The highest BCUT2D eigenvalue weighted by Gasteiger charge is 2.24. The van der Waals surface area contributed by atoms with Gasteiger partial charge in [-0.15, -0.1) is 0 Å². The van der Waals surface area contributed by atoms with Crippen molar-refractivity contribution in [3.8, 4) is 0 Å². The lowest BCUT2D eigenvalue weighted by molar-refractivity contribution is 0.460. The zero-order valence-electron chi connectivity index (χ0n) is 15.8. The molecule has 2 atom stereocenters. The number of aromatic nitrogens is 1. The molecule has 1 aromatic heterocycles. The molecule has 0 aliphatic carbocycles. The van der Waals surface area contributed by atoms with Crippen LogP contribution in [0.5, 0.6) is 0 Å². The van der Waals surface area contributed by atoms with E-state index in [1.807, 2.05) is 11.1 Å². The van der Waals surface area contributed by atoms with Gasteiger partial charge < -0.3 is 14.8 Å². The van der Waals surface area contributed by atoms with Crippen LogP contribution in [0.15, 0.2) is 30.5 Å². The van der Waals surface area contributed by atoms with Crippen LogP contribution in [0.25, 0.3) is 10.9 Å². The molecule has 2 aliphatic rings. The first-order chi connectivity index (χ1) is 12.1. The molecule has 3 heterocycles. The molecular formula is C19H26N4. The average Bonchev–Trinajstić information content (AvgIpc) is 2.87. The van der Waals surface area contributed by atoms with Gasteiger partial charge in [0.1, 0.15) is 0 Å². The van der Waals surface area contributed by atoms with E-state index in [1.54, 1.807) is 6.08 Å². The first-order valence-corrected chi connectivity index (χ1v) is 8.43. The van der Waals surface area contributed by atoms with Gasteiger partial charge in [0.05, 0.1) is 19.2 Å². The molecule has 1 fully saturated rings. The van der Waals surface area contributed by atoms with Crippen molar-refractivity contribution in [3.05, 3.63) is 41.7 Å². The number of aryl methyl sites for hydroxylation is 1. The zero-order valence-corrected chi connectivity index (χ0v) is 13.8. The summed E-state index contributed by atoms with van der Waals surface area (Å²) < 4.78 is 18.4. The second kappa shape index (κ2) is 6.02. The molecule has 4 rings (SSSR count). The van der Waals surface area contributed by atoms with Crippen molar-refractivity contribution in [2.45, 2.75) is 25.7 Å². The Morgan fingerprint density at radius 1 is 1.22 bits per heavy atom. The number of fused-ring (bicyclic) bond motifs is 1. The number of nitrogens with zero attached hydrogens (tertiary/aromatic N) is 2. The first kappa shape index (κ1) is 12.6. The minimum absolute atomic E-state index is 0.515. The minimum Gasteiger partial charge on any atom is -0.346 e. The first-order valence-electron chi connectivity index (χ1n) is 9.59. The third kappa shape index (κ3) is 2.46. The van der Waals surface area contributed by atoms with Crippen LogP contribution >= 0.6 is 0 Å². The van der Waals surface area contributed by atoms with Crippen molar-refractivity contribution in [2.75, 3.05) is 31.2 Å². The Morgan fingerprint density at radius 3 is 2.83 bits per heavy atom. The number of hydrogen-bond acceptors (Lipinski definition) is 3. The molecule has 1 aromatic carbocycles. The normalized spacial score (nSPS) is 27.3. The van der Waals surface area contributed by atoms with Gasteiger partial charge in [0.25, 0.3) is 0 Å². The summed E-state index contributed by atoms with van der Waals surface area (Å²) in [6, 6.07) is 6.39. The summed E-state index contributed by atoms with van der Waals surface area (Å²) >= 11 is 0. The summed E-state index contributed by atoms with van der Waals surface area (Å²) in [4.78, 5) is 1.92. The molecule has 0 spiro atoms. The Hall–Kier alpha value is -1.78. The smallest absolute Gasteiger partial charge is 0.0728 e. The average molecular weight is 312 g/mol. The highest BCUT2D eigenvalue weighted by atomic mass is 15.2. The second-order valence-corrected chi connectivity index (χ2v) is 6.47. The van der Waals surface area contributed by atoms with Crippen LogP contribution in [0, 0.1) is 6.92 Å². The van der Waals surface area contributed by atoms with Crippen LogP contribution in [0.2, 0.25) is 0 Å². The SMILES string of the molecule is [2H]C1C=CN(c2cccc3c(C4CCNCC4)c(C)n(C)c23)C([2H])N1. The number of hydrogen-bond donors (Lipinski definition) is 2. The Morgan fingerprint density at radius 2 is 2.04 bits per heavy atom. The standard InChI is InChI=1S/C19H26N4/c1-14-18(15-7-10-20-11-8-15)16-5-3-6-17(19(16)22(14)2)23-12-4-9-21-13-23/h3-6,12,15,20-21H,7-11,13H2,1-2H3/i9D,13D. The van der Waals surface area contributed by atoms with Crippen LogP contribution < -0.4 is 15.5 Å². The van der Waals surface area contributed by atoms with Crippen molar-refractivity contribution >= 4 is 16.6 Å². The van der Waals surface area contributed by atoms with E-state index >= 15 is 0 Å². The fourth-order valence-corrected chi connectivity index (χ4v) is 3.99. The van der Waals surface area contributed by atoms with Crippen LogP contribution in [0.3, 0.4) is 0 Å². The molecule has 0 bridgehead atoms. The maximum Gasteiger partial charge on any atom is 0.0728 e. The maximum atomic E-state index is 8.33. The topological polar surface area (TPSA) is 32.2 Å².